The molecule has 24 heavy (non-hydrogen) atoms. The summed E-state index contributed by atoms with van der Waals surface area (Å²) < 4.78 is 35.9. The third-order valence-corrected chi connectivity index (χ3v) is 5.66. The molecule has 1 aliphatic rings. The lowest BCUT2D eigenvalue weighted by molar-refractivity contribution is 0.110. The maximum Gasteiger partial charge on any atom is 0.161 e. The molecule has 2 heterocycles. The molecule has 0 spiro atoms. The summed E-state index contributed by atoms with van der Waals surface area (Å²) >= 11 is 0. The van der Waals surface area contributed by atoms with E-state index < -0.39 is 9.84 Å². The Hall–Kier alpha value is -1.66. The quantitative estimate of drug-likeness (QED) is 0.848. The Morgan fingerprint density at radius 1 is 1.21 bits per heavy atom. The SMILES string of the molecule is CC(C)(C)c1cc(CS(=O)(=O)Cc2cccc3c2CCOC3)on1. The van der Waals surface area contributed by atoms with Gasteiger partial charge in [0.05, 0.1) is 24.7 Å². The Morgan fingerprint density at radius 2 is 2.00 bits per heavy atom. The summed E-state index contributed by atoms with van der Waals surface area (Å²) in [6, 6.07) is 7.52. The first-order chi connectivity index (χ1) is 11.2. The molecule has 0 N–H and O–H groups in total. The second-order valence-corrected chi connectivity index (χ2v) is 9.38. The van der Waals surface area contributed by atoms with E-state index in [-0.39, 0.29) is 16.9 Å². The molecule has 0 amide bonds. The van der Waals surface area contributed by atoms with Crippen LogP contribution in [0.3, 0.4) is 0 Å². The first-order valence-electron chi connectivity index (χ1n) is 8.08. The van der Waals surface area contributed by atoms with Crippen LogP contribution in [0.15, 0.2) is 28.8 Å². The molecule has 3 rings (SSSR count). The van der Waals surface area contributed by atoms with E-state index in [1.165, 1.54) is 0 Å². The highest BCUT2D eigenvalue weighted by Crippen LogP contribution is 2.25. The molecule has 0 atom stereocenters. The molecule has 130 valence electrons. The first-order valence-corrected chi connectivity index (χ1v) is 9.91. The Morgan fingerprint density at radius 3 is 2.71 bits per heavy atom. The molecule has 0 aliphatic carbocycles. The molecule has 2 aromatic rings. The topological polar surface area (TPSA) is 69.4 Å². The van der Waals surface area contributed by atoms with E-state index in [4.69, 9.17) is 9.26 Å². The van der Waals surface area contributed by atoms with Crippen molar-refractivity contribution >= 4 is 9.84 Å². The van der Waals surface area contributed by atoms with Gasteiger partial charge < -0.3 is 9.26 Å². The summed E-state index contributed by atoms with van der Waals surface area (Å²) in [7, 11) is -3.33. The molecule has 5 nitrogen and oxygen atoms in total. The van der Waals surface area contributed by atoms with Crippen LogP contribution in [0.2, 0.25) is 0 Å². The number of aromatic nitrogens is 1. The van der Waals surface area contributed by atoms with Crippen molar-refractivity contribution in [2.45, 2.75) is 50.7 Å². The van der Waals surface area contributed by atoms with Crippen molar-refractivity contribution in [2.75, 3.05) is 6.61 Å². The van der Waals surface area contributed by atoms with Crippen molar-refractivity contribution in [3.05, 3.63) is 52.4 Å². The number of benzene rings is 1. The van der Waals surface area contributed by atoms with Crippen molar-refractivity contribution in [2.24, 2.45) is 0 Å². The number of sulfone groups is 1. The number of hydrogen-bond donors (Lipinski definition) is 0. The molecule has 1 aromatic carbocycles. The predicted octanol–water partition coefficient (Wildman–Crippen LogP) is 3.16. The summed E-state index contributed by atoms with van der Waals surface area (Å²) in [5.41, 5.74) is 3.67. The minimum Gasteiger partial charge on any atom is -0.376 e. The van der Waals surface area contributed by atoms with Gasteiger partial charge in [0.2, 0.25) is 0 Å². The number of hydrogen-bond acceptors (Lipinski definition) is 5. The Kier molecular flexibility index (Phi) is 4.53. The molecule has 0 saturated carbocycles. The number of rotatable bonds is 4. The van der Waals surface area contributed by atoms with Crippen molar-refractivity contribution in [1.29, 1.82) is 0 Å². The van der Waals surface area contributed by atoms with Gasteiger partial charge in [0.25, 0.3) is 0 Å². The van der Waals surface area contributed by atoms with E-state index in [9.17, 15) is 8.42 Å². The lowest BCUT2D eigenvalue weighted by atomic mass is 9.92. The fraction of sp³-hybridized carbons (Fsp3) is 0.500. The van der Waals surface area contributed by atoms with E-state index in [0.717, 1.165) is 28.8 Å². The summed E-state index contributed by atoms with van der Waals surface area (Å²) in [6.45, 7) is 7.24. The average molecular weight is 349 g/mol. The van der Waals surface area contributed by atoms with Crippen LogP contribution in [0.4, 0.5) is 0 Å². The van der Waals surface area contributed by atoms with Gasteiger partial charge in [-0.1, -0.05) is 44.1 Å². The summed E-state index contributed by atoms with van der Waals surface area (Å²) in [5, 5.41) is 3.99. The average Bonchev–Trinajstić information content (AvgIpc) is 2.95. The van der Waals surface area contributed by atoms with Crippen LogP contribution in [0, 0.1) is 0 Å². The molecule has 0 fully saturated rings. The Labute approximate surface area is 142 Å². The summed E-state index contributed by atoms with van der Waals surface area (Å²) in [5.74, 6) is 0.283. The fourth-order valence-electron chi connectivity index (χ4n) is 2.87. The van der Waals surface area contributed by atoms with Crippen LogP contribution in [0.5, 0.6) is 0 Å². The molecular formula is C18H23NO4S. The van der Waals surface area contributed by atoms with Crippen molar-refractivity contribution in [1.82, 2.24) is 5.16 Å². The largest absolute Gasteiger partial charge is 0.376 e. The zero-order valence-electron chi connectivity index (χ0n) is 14.3. The maximum absolute atomic E-state index is 12.6. The first kappa shape index (κ1) is 17.2. The zero-order valence-corrected chi connectivity index (χ0v) is 15.1. The normalized spacial score (nSPS) is 15.3. The number of fused-ring (bicyclic) bond motifs is 1. The van der Waals surface area contributed by atoms with E-state index in [1.807, 2.05) is 39.0 Å². The molecular weight excluding hydrogens is 326 g/mol. The monoisotopic (exact) mass is 349 g/mol. The van der Waals surface area contributed by atoms with Gasteiger partial charge in [-0.2, -0.15) is 0 Å². The van der Waals surface area contributed by atoms with Crippen LogP contribution in [-0.4, -0.2) is 20.2 Å². The van der Waals surface area contributed by atoms with Crippen LogP contribution in [0.25, 0.3) is 0 Å². The summed E-state index contributed by atoms with van der Waals surface area (Å²) in [6.07, 6.45) is 0.761. The molecule has 0 radical (unpaired) electrons. The molecule has 6 heteroatoms. The van der Waals surface area contributed by atoms with Gasteiger partial charge in [-0.25, -0.2) is 8.42 Å². The Balaban J connectivity index is 1.79. The highest BCUT2D eigenvalue weighted by Gasteiger charge is 2.23. The van der Waals surface area contributed by atoms with Gasteiger partial charge in [0.1, 0.15) is 5.75 Å². The number of ether oxygens (including phenoxy) is 1. The van der Waals surface area contributed by atoms with E-state index >= 15 is 0 Å². The molecule has 0 unspecified atom stereocenters. The maximum atomic E-state index is 12.6. The lowest BCUT2D eigenvalue weighted by Gasteiger charge is -2.19. The highest BCUT2D eigenvalue weighted by atomic mass is 32.2. The lowest BCUT2D eigenvalue weighted by Crippen LogP contribution is -2.15. The third kappa shape index (κ3) is 3.87. The van der Waals surface area contributed by atoms with Gasteiger partial charge in [-0.3, -0.25) is 0 Å². The minimum absolute atomic E-state index is 0.0156. The van der Waals surface area contributed by atoms with Gasteiger partial charge in [-0.05, 0) is 23.1 Å². The van der Waals surface area contributed by atoms with Crippen LogP contribution >= 0.6 is 0 Å². The summed E-state index contributed by atoms with van der Waals surface area (Å²) in [4.78, 5) is 0. The van der Waals surface area contributed by atoms with Crippen molar-refractivity contribution in [3.8, 4) is 0 Å². The van der Waals surface area contributed by atoms with Crippen LogP contribution < -0.4 is 0 Å². The van der Waals surface area contributed by atoms with Gasteiger partial charge in [-0.15, -0.1) is 0 Å². The predicted molar refractivity (Wildman–Crippen MR) is 91.3 cm³/mol. The molecule has 0 bridgehead atoms. The fourth-order valence-corrected chi connectivity index (χ4v) is 4.29. The molecule has 0 saturated heterocycles. The standard InChI is InChI=1S/C18H23NO4S/c1-18(2,3)17-9-15(23-19-17)12-24(20,21)11-14-6-4-5-13-10-22-8-7-16(13)14/h4-6,9H,7-8,10-12H2,1-3H3. The van der Waals surface area contributed by atoms with Gasteiger partial charge >= 0.3 is 0 Å². The Bertz CT molecular complexity index is 831. The minimum atomic E-state index is -3.33. The second-order valence-electron chi connectivity index (χ2n) is 7.32. The molecule has 1 aromatic heterocycles. The van der Waals surface area contributed by atoms with Crippen molar-refractivity contribution in [3.63, 3.8) is 0 Å². The van der Waals surface area contributed by atoms with E-state index in [2.05, 4.69) is 5.16 Å². The van der Waals surface area contributed by atoms with Crippen LogP contribution in [-0.2, 0) is 44.5 Å². The molecule has 1 aliphatic heterocycles. The van der Waals surface area contributed by atoms with Crippen molar-refractivity contribution < 1.29 is 17.7 Å². The van der Waals surface area contributed by atoms with E-state index in [1.54, 1.807) is 6.07 Å². The van der Waals surface area contributed by atoms with Gasteiger partial charge in [0.15, 0.2) is 15.6 Å². The smallest absolute Gasteiger partial charge is 0.161 e. The third-order valence-electron chi connectivity index (χ3n) is 4.19. The van der Waals surface area contributed by atoms with Crippen LogP contribution in [0.1, 0.15) is 48.9 Å². The number of nitrogens with zero attached hydrogens (tertiary/aromatic N) is 1. The van der Waals surface area contributed by atoms with E-state index in [0.29, 0.717) is 19.0 Å². The second kappa shape index (κ2) is 6.33. The zero-order chi connectivity index (χ0) is 17.4. The van der Waals surface area contributed by atoms with Gasteiger partial charge in [0, 0.05) is 11.5 Å². The highest BCUT2D eigenvalue weighted by molar-refractivity contribution is 7.89.